The highest BCUT2D eigenvalue weighted by atomic mass is 35.5. The van der Waals surface area contributed by atoms with Crippen LogP contribution >= 0.6 is 30.8 Å². The molecule has 0 fully saturated rings. The van der Waals surface area contributed by atoms with Crippen molar-refractivity contribution in [2.24, 2.45) is 0 Å². The fourth-order valence-corrected chi connectivity index (χ4v) is 5.97. The van der Waals surface area contributed by atoms with Gasteiger partial charge < -0.3 is 24.4 Å². The Bertz CT molecular complexity index is 1840. The summed E-state index contributed by atoms with van der Waals surface area (Å²) in [6.07, 6.45) is -0.598. The molecule has 0 spiro atoms. The van der Waals surface area contributed by atoms with Gasteiger partial charge in [-0.25, -0.2) is 9.10 Å². The lowest BCUT2D eigenvalue weighted by Crippen LogP contribution is -2.48. The highest BCUT2D eigenvalue weighted by molar-refractivity contribution is 7.91. The van der Waals surface area contributed by atoms with Crippen molar-refractivity contribution in [1.82, 2.24) is 9.62 Å². The molecule has 1 heterocycles. The van der Waals surface area contributed by atoms with E-state index in [1.54, 1.807) is 50.2 Å². The van der Waals surface area contributed by atoms with Crippen LogP contribution < -0.4 is 14.8 Å². The molecule has 0 aromatic heterocycles. The number of carbonyl (C=O) groups is 3. The molecule has 3 aromatic carbocycles. The predicted octanol–water partition coefficient (Wildman–Crippen LogP) is 4.48. The van der Waals surface area contributed by atoms with E-state index in [0.29, 0.717) is 22.0 Å². The smallest absolute Gasteiger partial charge is 0.345 e. The van der Waals surface area contributed by atoms with Crippen molar-refractivity contribution in [1.29, 1.82) is 0 Å². The number of esters is 1. The van der Waals surface area contributed by atoms with Crippen LogP contribution in [-0.2, 0) is 24.3 Å². The van der Waals surface area contributed by atoms with Gasteiger partial charge in [0, 0.05) is 23.2 Å². The van der Waals surface area contributed by atoms with Gasteiger partial charge in [0.05, 0.1) is 41.1 Å². The lowest BCUT2D eigenvalue weighted by atomic mass is 10.1. The predicted molar refractivity (Wildman–Crippen MR) is 174 cm³/mol. The third-order valence-electron chi connectivity index (χ3n) is 5.61. The molecule has 5 N–H and O–H groups in total. The van der Waals surface area contributed by atoms with Crippen LogP contribution in [0.2, 0.25) is 10.0 Å². The number of carbonyl (C=O) groups excluding carboxylic acids is 2. The minimum absolute atomic E-state index is 0.204. The fraction of sp³-hybridized carbons (Fsp3) is 0.222. The van der Waals surface area contributed by atoms with E-state index in [4.69, 9.17) is 42.8 Å². The molecule has 17 nitrogen and oxygen atoms in total. The normalized spacial score (nSPS) is 13.1. The fourth-order valence-electron chi connectivity index (χ4n) is 3.69. The van der Waals surface area contributed by atoms with E-state index in [2.05, 4.69) is 14.8 Å². The van der Waals surface area contributed by atoms with Crippen LogP contribution in [0.5, 0.6) is 11.5 Å². The topological polar surface area (TPSA) is 252 Å². The van der Waals surface area contributed by atoms with E-state index in [1.807, 2.05) is 0 Å². The largest absolute Gasteiger partial charge is 0.480 e. The van der Waals surface area contributed by atoms with Crippen LogP contribution in [0.3, 0.4) is 0 Å². The van der Waals surface area contributed by atoms with E-state index in [0.717, 1.165) is 17.5 Å². The number of hydrogen-bond donors (Lipinski definition) is 5. The van der Waals surface area contributed by atoms with Crippen molar-refractivity contribution in [2.45, 2.75) is 19.9 Å². The molecule has 0 atom stereocenters. The lowest BCUT2D eigenvalue weighted by Gasteiger charge is -2.31. The SMILES string of the molecule is CC(C)N1C(=O)c2ccccc2NS1(=O)=O.COC(=O)c1cc(Oc2ccc(Cl)cc2Cl)ccc1[N+](=O)[O-].O=C(O)CNCP(=O)(O)O. The number of nitrogens with zero attached hydrogens (tertiary/aromatic N) is 2. The Morgan fingerprint density at radius 3 is 2.29 bits per heavy atom. The summed E-state index contributed by atoms with van der Waals surface area (Å²) in [5, 5.41) is 21.7. The van der Waals surface area contributed by atoms with Crippen molar-refractivity contribution in [2.75, 3.05) is 24.7 Å². The number of ether oxygens (including phenoxy) is 2. The third kappa shape index (κ3) is 11.7. The van der Waals surface area contributed by atoms with Crippen molar-refractivity contribution in [3.05, 3.63) is 92.0 Å². The summed E-state index contributed by atoms with van der Waals surface area (Å²) in [5.74, 6) is -1.96. The Morgan fingerprint density at radius 2 is 1.75 bits per heavy atom. The first-order valence-electron chi connectivity index (χ1n) is 13.2. The van der Waals surface area contributed by atoms with E-state index in [9.17, 15) is 37.5 Å². The number of nitrogens with one attached hydrogen (secondary N) is 2. The molecule has 21 heteroatoms. The molecule has 0 radical (unpaired) electrons. The van der Waals surface area contributed by atoms with Crippen LogP contribution in [0.4, 0.5) is 11.4 Å². The zero-order valence-electron chi connectivity index (χ0n) is 25.2. The van der Waals surface area contributed by atoms with Crippen LogP contribution in [0.1, 0.15) is 34.6 Å². The molecule has 1 aliphatic heterocycles. The monoisotopic (exact) mass is 750 g/mol. The zero-order valence-corrected chi connectivity index (χ0v) is 28.4. The second kappa shape index (κ2) is 17.2. The van der Waals surface area contributed by atoms with Gasteiger partial charge in [-0.05, 0) is 50.2 Å². The van der Waals surface area contributed by atoms with Gasteiger partial charge in [0.25, 0.3) is 11.6 Å². The molecule has 0 saturated heterocycles. The quantitative estimate of drug-likeness (QED) is 0.0875. The number of carboxylic acids is 1. The number of para-hydroxylation sites is 1. The van der Waals surface area contributed by atoms with Crippen molar-refractivity contribution in [3.8, 4) is 11.5 Å². The molecule has 1 aliphatic rings. The minimum Gasteiger partial charge on any atom is -0.480 e. The summed E-state index contributed by atoms with van der Waals surface area (Å²) in [6, 6.07) is 14.5. The zero-order chi connectivity index (χ0) is 36.4. The van der Waals surface area contributed by atoms with Gasteiger partial charge in [-0.3, -0.25) is 34.3 Å². The number of rotatable bonds is 9. The number of carboxylic acid groups (broad SMARTS) is 1. The van der Waals surface area contributed by atoms with Gasteiger partial charge >= 0.3 is 29.7 Å². The van der Waals surface area contributed by atoms with E-state index >= 15 is 0 Å². The maximum absolute atomic E-state index is 12.0. The van der Waals surface area contributed by atoms with Gasteiger partial charge in [-0.2, -0.15) is 8.42 Å². The molecule has 0 saturated carbocycles. The number of nitro benzene ring substituents is 1. The Kier molecular flexibility index (Phi) is 14.3. The molecule has 260 valence electrons. The maximum Gasteiger partial charge on any atom is 0.345 e. The Hall–Kier alpha value is -4.29. The summed E-state index contributed by atoms with van der Waals surface area (Å²) in [6.45, 7) is 2.88. The molecule has 4 rings (SSSR count). The van der Waals surface area contributed by atoms with Crippen molar-refractivity contribution >= 4 is 70.2 Å². The Balaban J connectivity index is 0.000000270. The number of hydrogen-bond acceptors (Lipinski definition) is 11. The molecular formula is C27H29Cl2N4O13PS. The number of fused-ring (bicyclic) bond motifs is 1. The van der Waals surface area contributed by atoms with Gasteiger partial charge in [0.2, 0.25) is 0 Å². The standard InChI is InChI=1S/C14H9Cl2NO5.C10H12N2O3S.C3H8NO5P/c1-21-14(18)10-7-9(3-4-12(10)17(19)20)22-13-5-2-8(15)6-11(13)16;1-7(2)12-10(13)8-5-3-4-6-9(8)11-16(12,14)15;5-3(6)1-4-2-10(7,8)9/h2-7H,1H3;3-7,11H,1-2H3;4H,1-2H2,(H,5,6)(H2,7,8,9). The first-order chi connectivity index (χ1) is 22.3. The first-order valence-corrected chi connectivity index (χ1v) is 17.2. The number of benzene rings is 3. The number of anilines is 1. The summed E-state index contributed by atoms with van der Waals surface area (Å²) in [7, 11) is -6.71. The summed E-state index contributed by atoms with van der Waals surface area (Å²) in [5.41, 5.74) is 0.131. The van der Waals surface area contributed by atoms with E-state index in [-0.39, 0.29) is 22.0 Å². The molecule has 0 aliphatic carbocycles. The first kappa shape index (κ1) is 39.9. The second-order valence-corrected chi connectivity index (χ2v) is 13.6. The molecule has 0 bridgehead atoms. The molecule has 1 amide bonds. The summed E-state index contributed by atoms with van der Waals surface area (Å²) < 4.78 is 46.9. The van der Waals surface area contributed by atoms with Gasteiger partial charge in [-0.1, -0.05) is 35.3 Å². The lowest BCUT2D eigenvalue weighted by molar-refractivity contribution is -0.385. The number of aliphatic carboxylic acids is 1. The molecule has 3 aromatic rings. The molecular weight excluding hydrogens is 722 g/mol. The van der Waals surface area contributed by atoms with Crippen molar-refractivity contribution < 1.29 is 56.7 Å². The second-order valence-electron chi connectivity index (χ2n) is 9.60. The van der Waals surface area contributed by atoms with E-state index < -0.39 is 59.4 Å². The third-order valence-corrected chi connectivity index (χ3v) is 8.36. The van der Waals surface area contributed by atoms with Crippen LogP contribution in [0.15, 0.2) is 60.7 Å². The number of halogens is 2. The summed E-state index contributed by atoms with van der Waals surface area (Å²) in [4.78, 5) is 60.0. The van der Waals surface area contributed by atoms with Crippen molar-refractivity contribution in [3.63, 3.8) is 0 Å². The highest BCUT2D eigenvalue weighted by Crippen LogP contribution is 2.34. The Morgan fingerprint density at radius 1 is 1.10 bits per heavy atom. The van der Waals surface area contributed by atoms with Crippen LogP contribution in [0.25, 0.3) is 0 Å². The number of methoxy groups -OCH3 is 1. The van der Waals surface area contributed by atoms with Gasteiger partial charge in [0.15, 0.2) is 0 Å². The van der Waals surface area contributed by atoms with Gasteiger partial charge in [-0.15, -0.1) is 0 Å². The van der Waals surface area contributed by atoms with Crippen LogP contribution in [-0.4, -0.2) is 76.4 Å². The maximum atomic E-state index is 12.0. The number of amides is 1. The molecule has 0 unspecified atom stereocenters. The van der Waals surface area contributed by atoms with Crippen LogP contribution in [0, 0.1) is 10.1 Å². The highest BCUT2D eigenvalue weighted by Gasteiger charge is 2.36. The average Bonchev–Trinajstić information content (AvgIpc) is 2.97. The molecule has 48 heavy (non-hydrogen) atoms. The van der Waals surface area contributed by atoms with E-state index in [1.165, 1.54) is 18.2 Å². The summed E-state index contributed by atoms with van der Waals surface area (Å²) >= 11 is 11.8. The minimum atomic E-state index is -4.10. The number of nitro groups is 1. The average molecular weight is 751 g/mol. The van der Waals surface area contributed by atoms with Gasteiger partial charge in [0.1, 0.15) is 17.1 Å². The Labute approximate surface area is 283 Å².